The van der Waals surface area contributed by atoms with Crippen LogP contribution in [0.1, 0.15) is 41.9 Å². The fourth-order valence-corrected chi connectivity index (χ4v) is 3.81. The molecule has 25 heavy (non-hydrogen) atoms. The molecule has 1 fully saturated rings. The highest BCUT2D eigenvalue weighted by molar-refractivity contribution is 7.15. The van der Waals surface area contributed by atoms with Gasteiger partial charge in [0.15, 0.2) is 10.9 Å². The highest BCUT2D eigenvalue weighted by atomic mass is 32.1. The molecule has 3 rings (SSSR count). The van der Waals surface area contributed by atoms with Gasteiger partial charge in [-0.3, -0.25) is 9.78 Å². The maximum Gasteiger partial charge on any atom is 0.248 e. The van der Waals surface area contributed by atoms with E-state index in [4.69, 9.17) is 0 Å². The van der Waals surface area contributed by atoms with E-state index in [1.807, 2.05) is 11.8 Å². The number of aryl methyl sites for hydroxylation is 2. The molecule has 0 unspecified atom stereocenters. The Labute approximate surface area is 152 Å². The van der Waals surface area contributed by atoms with Crippen LogP contribution in [-0.4, -0.2) is 38.8 Å². The minimum atomic E-state index is 0.0460. The summed E-state index contributed by atoms with van der Waals surface area (Å²) in [6.07, 6.45) is 5.17. The molecule has 1 aliphatic heterocycles. The average molecular weight is 357 g/mol. The number of rotatable bonds is 4. The zero-order valence-electron chi connectivity index (χ0n) is 14.9. The number of hydrogen-bond acceptors (Lipinski definition) is 6. The molecule has 7 heteroatoms. The fraction of sp³-hybridized carbons (Fsp3) is 0.444. The van der Waals surface area contributed by atoms with Crippen molar-refractivity contribution in [3.63, 3.8) is 0 Å². The van der Waals surface area contributed by atoms with E-state index in [0.29, 0.717) is 5.57 Å². The molecule has 1 saturated heterocycles. The molecule has 0 atom stereocenters. The van der Waals surface area contributed by atoms with Gasteiger partial charge in [-0.2, -0.15) is 0 Å². The summed E-state index contributed by atoms with van der Waals surface area (Å²) in [6.45, 7) is 11.0. The van der Waals surface area contributed by atoms with Crippen molar-refractivity contribution < 1.29 is 4.79 Å². The van der Waals surface area contributed by atoms with Crippen molar-refractivity contribution in [2.45, 2.75) is 39.5 Å². The van der Waals surface area contributed by atoms with Crippen LogP contribution in [0.3, 0.4) is 0 Å². The number of thiazole rings is 1. The second-order valence-electron chi connectivity index (χ2n) is 6.42. The Bertz CT molecular complexity index is 773. The molecule has 2 aromatic heterocycles. The lowest BCUT2D eigenvalue weighted by Gasteiger charge is -2.32. The molecule has 0 aromatic carbocycles. The van der Waals surface area contributed by atoms with Gasteiger partial charge < -0.3 is 10.2 Å². The Kier molecular flexibility index (Phi) is 5.13. The van der Waals surface area contributed by atoms with E-state index in [2.05, 4.69) is 33.8 Å². The lowest BCUT2D eigenvalue weighted by molar-refractivity contribution is -0.128. The lowest BCUT2D eigenvalue weighted by atomic mass is 9.92. The van der Waals surface area contributed by atoms with Crippen LogP contribution in [0.15, 0.2) is 24.5 Å². The lowest BCUT2D eigenvalue weighted by Crippen LogP contribution is -2.38. The quantitative estimate of drug-likeness (QED) is 0.847. The predicted octanol–water partition coefficient (Wildman–Crippen LogP) is 3.58. The van der Waals surface area contributed by atoms with Crippen molar-refractivity contribution in [2.24, 2.45) is 0 Å². The third-order valence-corrected chi connectivity index (χ3v) is 5.50. The number of hydrogen-bond donors (Lipinski definition) is 1. The van der Waals surface area contributed by atoms with Gasteiger partial charge in [-0.1, -0.05) is 6.58 Å². The third-order valence-electron chi connectivity index (χ3n) is 4.51. The Balaban J connectivity index is 1.73. The summed E-state index contributed by atoms with van der Waals surface area (Å²) in [6, 6.07) is 0. The van der Waals surface area contributed by atoms with E-state index >= 15 is 0 Å². The Hall–Kier alpha value is -2.28. The molecule has 6 nitrogen and oxygen atoms in total. The van der Waals surface area contributed by atoms with Gasteiger partial charge in [0.05, 0.1) is 11.4 Å². The SMILES string of the molecule is C=C(C)C(=O)N1CCC(c2nccnc2Nc2nc(C)c(C)s2)CC1. The predicted molar refractivity (Wildman–Crippen MR) is 100 cm³/mol. The molecular formula is C18H23N5OS. The van der Waals surface area contributed by atoms with Crippen molar-refractivity contribution in [3.8, 4) is 0 Å². The summed E-state index contributed by atoms with van der Waals surface area (Å²) in [5.74, 6) is 1.10. The minimum Gasteiger partial charge on any atom is -0.339 e. The number of amides is 1. The fourth-order valence-electron chi connectivity index (χ4n) is 3.00. The maximum atomic E-state index is 12.1. The van der Waals surface area contributed by atoms with E-state index < -0.39 is 0 Å². The molecule has 1 aliphatic rings. The summed E-state index contributed by atoms with van der Waals surface area (Å²) in [5, 5.41) is 4.16. The Morgan fingerprint density at radius 3 is 2.56 bits per heavy atom. The van der Waals surface area contributed by atoms with Crippen molar-refractivity contribution in [1.29, 1.82) is 0 Å². The summed E-state index contributed by atoms with van der Waals surface area (Å²) < 4.78 is 0. The first-order chi connectivity index (χ1) is 12.0. The third kappa shape index (κ3) is 3.87. The highest BCUT2D eigenvalue weighted by Crippen LogP contribution is 2.33. The van der Waals surface area contributed by atoms with E-state index in [1.165, 1.54) is 4.88 Å². The van der Waals surface area contributed by atoms with E-state index in [9.17, 15) is 4.79 Å². The molecular weight excluding hydrogens is 334 g/mol. The summed E-state index contributed by atoms with van der Waals surface area (Å²) >= 11 is 1.62. The molecule has 2 aromatic rings. The Morgan fingerprint density at radius 1 is 1.28 bits per heavy atom. The van der Waals surface area contributed by atoms with Crippen LogP contribution < -0.4 is 5.32 Å². The van der Waals surface area contributed by atoms with Crippen molar-refractivity contribution in [2.75, 3.05) is 18.4 Å². The minimum absolute atomic E-state index is 0.0460. The number of carbonyl (C=O) groups excluding carboxylic acids is 1. The van der Waals surface area contributed by atoms with Gasteiger partial charge in [-0.25, -0.2) is 9.97 Å². The van der Waals surface area contributed by atoms with Crippen LogP contribution in [0.4, 0.5) is 10.9 Å². The van der Waals surface area contributed by atoms with E-state index in [0.717, 1.165) is 48.3 Å². The van der Waals surface area contributed by atoms with Crippen LogP contribution in [0.5, 0.6) is 0 Å². The first kappa shape index (κ1) is 17.5. The van der Waals surface area contributed by atoms with Gasteiger partial charge in [0, 0.05) is 41.9 Å². The molecule has 1 amide bonds. The molecule has 0 aliphatic carbocycles. The first-order valence-corrected chi connectivity index (χ1v) is 9.24. The van der Waals surface area contributed by atoms with Crippen LogP contribution in [-0.2, 0) is 4.79 Å². The zero-order chi connectivity index (χ0) is 18.0. The first-order valence-electron chi connectivity index (χ1n) is 8.42. The van der Waals surface area contributed by atoms with Crippen LogP contribution >= 0.6 is 11.3 Å². The zero-order valence-corrected chi connectivity index (χ0v) is 15.7. The van der Waals surface area contributed by atoms with Crippen molar-refractivity contribution >= 4 is 28.2 Å². The summed E-state index contributed by atoms with van der Waals surface area (Å²) in [4.78, 5) is 28.7. The largest absolute Gasteiger partial charge is 0.339 e. The van der Waals surface area contributed by atoms with E-state index in [1.54, 1.807) is 30.7 Å². The van der Waals surface area contributed by atoms with Crippen molar-refractivity contribution in [3.05, 3.63) is 40.8 Å². The number of piperidine rings is 1. The molecule has 0 saturated carbocycles. The van der Waals surface area contributed by atoms with Gasteiger partial charge in [0.2, 0.25) is 5.91 Å². The van der Waals surface area contributed by atoms with Crippen molar-refractivity contribution in [1.82, 2.24) is 19.9 Å². The maximum absolute atomic E-state index is 12.1. The number of anilines is 2. The summed E-state index contributed by atoms with van der Waals surface area (Å²) in [5.41, 5.74) is 2.58. The smallest absolute Gasteiger partial charge is 0.248 e. The van der Waals surface area contributed by atoms with Crippen LogP contribution in [0, 0.1) is 13.8 Å². The summed E-state index contributed by atoms with van der Waals surface area (Å²) in [7, 11) is 0. The Morgan fingerprint density at radius 2 is 1.96 bits per heavy atom. The number of carbonyl (C=O) groups is 1. The molecule has 0 radical (unpaired) electrons. The van der Waals surface area contributed by atoms with Gasteiger partial charge in [-0.05, 0) is 33.6 Å². The average Bonchev–Trinajstić information content (AvgIpc) is 2.92. The molecule has 3 heterocycles. The van der Waals surface area contributed by atoms with Gasteiger partial charge in [0.1, 0.15) is 0 Å². The molecule has 132 valence electrons. The topological polar surface area (TPSA) is 71.0 Å². The highest BCUT2D eigenvalue weighted by Gasteiger charge is 2.27. The van der Waals surface area contributed by atoms with Gasteiger partial charge in [-0.15, -0.1) is 11.3 Å². The number of aromatic nitrogens is 3. The monoisotopic (exact) mass is 357 g/mol. The second-order valence-corrected chi connectivity index (χ2v) is 7.63. The van der Waals surface area contributed by atoms with Crippen LogP contribution in [0.2, 0.25) is 0 Å². The molecule has 0 bridgehead atoms. The second kappa shape index (κ2) is 7.31. The normalized spacial score (nSPS) is 15.2. The molecule has 0 spiro atoms. The number of nitrogens with zero attached hydrogens (tertiary/aromatic N) is 4. The van der Waals surface area contributed by atoms with Gasteiger partial charge >= 0.3 is 0 Å². The number of nitrogens with one attached hydrogen (secondary N) is 1. The van der Waals surface area contributed by atoms with Gasteiger partial charge in [0.25, 0.3) is 0 Å². The standard InChI is InChI=1S/C18H23N5OS/c1-11(2)17(24)23-9-5-14(6-10-23)15-16(20-8-7-19-15)22-18-21-12(3)13(4)25-18/h7-8,14H,1,5-6,9-10H2,2-4H3,(H,20,21,22). The van der Waals surface area contributed by atoms with Crippen LogP contribution in [0.25, 0.3) is 0 Å². The number of likely N-dealkylation sites (tertiary alicyclic amines) is 1. The molecule has 1 N–H and O–H groups in total. The van der Waals surface area contributed by atoms with E-state index in [-0.39, 0.29) is 11.8 Å².